The third kappa shape index (κ3) is 3.55. The predicted octanol–water partition coefficient (Wildman–Crippen LogP) is 2.55. The maximum atomic E-state index is 13.9. The van der Waals surface area contributed by atoms with Crippen molar-refractivity contribution in [2.45, 2.75) is 25.9 Å². The molecule has 28 heavy (non-hydrogen) atoms. The zero-order chi connectivity index (χ0) is 20.6. The molecule has 146 valence electrons. The molecule has 0 saturated carbocycles. The fraction of sp³-hybridized carbons (Fsp3) is 0.211. The third-order valence-electron chi connectivity index (χ3n) is 4.45. The summed E-state index contributed by atoms with van der Waals surface area (Å²) in [5.41, 5.74) is -1.49. The average Bonchev–Trinajstić information content (AvgIpc) is 2.62. The molecule has 0 aliphatic carbocycles. The van der Waals surface area contributed by atoms with Crippen LogP contribution in [-0.4, -0.2) is 15.5 Å². The van der Waals surface area contributed by atoms with Gasteiger partial charge in [0.15, 0.2) is 0 Å². The van der Waals surface area contributed by atoms with E-state index in [1.807, 2.05) is 0 Å². The van der Waals surface area contributed by atoms with Crippen LogP contribution in [0.2, 0.25) is 0 Å². The van der Waals surface area contributed by atoms with Crippen molar-refractivity contribution in [2.24, 2.45) is 0 Å². The lowest BCUT2D eigenvalue weighted by atomic mass is 10.1. The number of amides is 1. The van der Waals surface area contributed by atoms with Gasteiger partial charge in [0, 0.05) is 11.6 Å². The maximum absolute atomic E-state index is 13.9. The van der Waals surface area contributed by atoms with E-state index in [0.29, 0.717) is 10.6 Å². The molecule has 2 N–H and O–H groups in total. The van der Waals surface area contributed by atoms with E-state index in [4.69, 9.17) is 0 Å². The van der Waals surface area contributed by atoms with Crippen molar-refractivity contribution >= 4 is 16.8 Å². The van der Waals surface area contributed by atoms with Gasteiger partial charge in [-0.1, -0.05) is 6.07 Å². The minimum Gasteiger partial charge on any atom is -0.348 e. The number of fused-ring (bicyclic) bond motifs is 1. The minimum atomic E-state index is -1.25. The fourth-order valence-electron chi connectivity index (χ4n) is 2.93. The molecule has 1 heterocycles. The quantitative estimate of drug-likeness (QED) is 0.717. The Morgan fingerprint density at radius 3 is 2.36 bits per heavy atom. The number of hydrogen-bond acceptors (Lipinski definition) is 3. The summed E-state index contributed by atoms with van der Waals surface area (Å²) in [4.78, 5) is 39.8. The van der Waals surface area contributed by atoms with Gasteiger partial charge in [-0.3, -0.25) is 9.59 Å². The molecule has 3 aromatic rings. The Kier molecular flexibility index (Phi) is 5.08. The third-order valence-corrected chi connectivity index (χ3v) is 4.45. The molecule has 2 atom stereocenters. The van der Waals surface area contributed by atoms with Crippen molar-refractivity contribution in [3.63, 3.8) is 0 Å². The van der Waals surface area contributed by atoms with Crippen molar-refractivity contribution < 1.29 is 18.0 Å². The molecule has 0 aliphatic heterocycles. The second kappa shape index (κ2) is 7.34. The summed E-state index contributed by atoms with van der Waals surface area (Å²) in [6.45, 7) is 2.79. The van der Waals surface area contributed by atoms with Gasteiger partial charge in [0.1, 0.15) is 23.5 Å². The Labute approximate surface area is 156 Å². The van der Waals surface area contributed by atoms with Gasteiger partial charge in [-0.15, -0.1) is 0 Å². The van der Waals surface area contributed by atoms with E-state index in [1.54, 1.807) is 0 Å². The molecular formula is C19H16F3N3O3. The number of carbonyl (C=O) groups is 1. The molecule has 0 fully saturated rings. The van der Waals surface area contributed by atoms with E-state index < -0.39 is 46.7 Å². The Morgan fingerprint density at radius 1 is 1.04 bits per heavy atom. The van der Waals surface area contributed by atoms with Crippen LogP contribution in [0.1, 0.15) is 31.5 Å². The molecule has 3 rings (SSSR count). The molecule has 0 unspecified atom stereocenters. The van der Waals surface area contributed by atoms with E-state index >= 15 is 0 Å². The standard InChI is InChI=1S/C19H16F3N3O3/c1-9(13-5-3-12(21)8-15(13)22)23-17(26)10(2)25-18(27)14-7-11(20)4-6-16(14)24-19(25)28/h3-10H,1-2H3,(H,23,26)(H,24,28)/t9-,10-/m0/s1. The van der Waals surface area contributed by atoms with Crippen molar-refractivity contribution in [3.8, 4) is 0 Å². The first kappa shape index (κ1) is 19.4. The van der Waals surface area contributed by atoms with Gasteiger partial charge in [0.2, 0.25) is 5.91 Å². The smallest absolute Gasteiger partial charge is 0.329 e. The molecular weight excluding hydrogens is 375 g/mol. The van der Waals surface area contributed by atoms with Crippen molar-refractivity contribution in [3.05, 3.63) is 80.3 Å². The number of rotatable bonds is 4. The van der Waals surface area contributed by atoms with Gasteiger partial charge in [-0.2, -0.15) is 0 Å². The minimum absolute atomic E-state index is 0.0452. The van der Waals surface area contributed by atoms with Gasteiger partial charge in [-0.25, -0.2) is 22.5 Å². The van der Waals surface area contributed by atoms with E-state index in [1.165, 1.54) is 26.0 Å². The van der Waals surface area contributed by atoms with Crippen LogP contribution in [0.25, 0.3) is 10.9 Å². The first-order valence-electron chi connectivity index (χ1n) is 8.38. The zero-order valence-corrected chi connectivity index (χ0v) is 14.9. The summed E-state index contributed by atoms with van der Waals surface area (Å²) in [7, 11) is 0. The monoisotopic (exact) mass is 391 g/mol. The number of nitrogens with one attached hydrogen (secondary N) is 2. The molecule has 0 saturated heterocycles. The molecule has 1 aromatic heterocycles. The summed E-state index contributed by atoms with van der Waals surface area (Å²) in [6.07, 6.45) is 0. The first-order chi connectivity index (χ1) is 13.2. The Hall–Kier alpha value is -3.36. The lowest BCUT2D eigenvalue weighted by molar-refractivity contribution is -0.124. The maximum Gasteiger partial charge on any atom is 0.329 e. The van der Waals surface area contributed by atoms with Gasteiger partial charge in [-0.05, 0) is 38.1 Å². The number of aromatic nitrogens is 2. The topological polar surface area (TPSA) is 84.0 Å². The second-order valence-electron chi connectivity index (χ2n) is 6.37. The van der Waals surface area contributed by atoms with Crippen LogP contribution in [0.5, 0.6) is 0 Å². The SMILES string of the molecule is C[C@H](NC(=O)[C@H](C)n1c(=O)[nH]c2ccc(F)cc2c1=O)c1ccc(F)cc1F. The summed E-state index contributed by atoms with van der Waals surface area (Å²) >= 11 is 0. The molecule has 0 spiro atoms. The molecule has 0 radical (unpaired) electrons. The Bertz CT molecular complexity index is 1190. The highest BCUT2D eigenvalue weighted by Crippen LogP contribution is 2.18. The Balaban J connectivity index is 1.93. The molecule has 1 amide bonds. The van der Waals surface area contributed by atoms with Crippen LogP contribution in [0.4, 0.5) is 13.2 Å². The van der Waals surface area contributed by atoms with E-state index in [2.05, 4.69) is 10.3 Å². The van der Waals surface area contributed by atoms with Crippen molar-refractivity contribution in [1.82, 2.24) is 14.9 Å². The number of H-pyrrole nitrogens is 1. The van der Waals surface area contributed by atoms with Crippen LogP contribution in [-0.2, 0) is 4.79 Å². The Morgan fingerprint density at radius 2 is 1.68 bits per heavy atom. The van der Waals surface area contributed by atoms with Crippen LogP contribution in [0, 0.1) is 17.5 Å². The largest absolute Gasteiger partial charge is 0.348 e. The highest BCUT2D eigenvalue weighted by molar-refractivity contribution is 5.81. The van der Waals surface area contributed by atoms with Gasteiger partial charge < -0.3 is 10.3 Å². The second-order valence-corrected chi connectivity index (χ2v) is 6.37. The lowest BCUT2D eigenvalue weighted by Crippen LogP contribution is -2.44. The number of benzene rings is 2. The van der Waals surface area contributed by atoms with Crippen LogP contribution in [0.15, 0.2) is 46.0 Å². The molecule has 6 nitrogen and oxygen atoms in total. The summed E-state index contributed by atoms with van der Waals surface area (Å²) < 4.78 is 41.0. The van der Waals surface area contributed by atoms with Gasteiger partial charge >= 0.3 is 5.69 Å². The molecule has 0 bridgehead atoms. The van der Waals surface area contributed by atoms with E-state index in [9.17, 15) is 27.6 Å². The van der Waals surface area contributed by atoms with Crippen LogP contribution < -0.4 is 16.6 Å². The fourth-order valence-corrected chi connectivity index (χ4v) is 2.93. The summed E-state index contributed by atoms with van der Waals surface area (Å²) in [5, 5.41) is 2.39. The molecule has 0 aliphatic rings. The number of carbonyl (C=O) groups excluding carboxylic acids is 1. The van der Waals surface area contributed by atoms with Gasteiger partial charge in [0.05, 0.1) is 16.9 Å². The predicted molar refractivity (Wildman–Crippen MR) is 96.4 cm³/mol. The average molecular weight is 391 g/mol. The normalized spacial score (nSPS) is 13.3. The first-order valence-corrected chi connectivity index (χ1v) is 8.38. The van der Waals surface area contributed by atoms with Crippen LogP contribution in [0.3, 0.4) is 0 Å². The highest BCUT2D eigenvalue weighted by Gasteiger charge is 2.23. The summed E-state index contributed by atoms with van der Waals surface area (Å²) in [6, 6.07) is 4.15. The van der Waals surface area contributed by atoms with E-state index in [-0.39, 0.29) is 16.5 Å². The lowest BCUT2D eigenvalue weighted by Gasteiger charge is -2.19. The van der Waals surface area contributed by atoms with E-state index in [0.717, 1.165) is 18.2 Å². The number of aromatic amines is 1. The van der Waals surface area contributed by atoms with Crippen molar-refractivity contribution in [1.29, 1.82) is 0 Å². The zero-order valence-electron chi connectivity index (χ0n) is 14.9. The number of nitrogens with zero attached hydrogens (tertiary/aromatic N) is 1. The summed E-state index contributed by atoms with van der Waals surface area (Å²) in [5.74, 6) is -2.99. The number of hydrogen-bond donors (Lipinski definition) is 2. The molecule has 9 heteroatoms. The molecule has 2 aromatic carbocycles. The number of halogens is 3. The van der Waals surface area contributed by atoms with Crippen LogP contribution >= 0.6 is 0 Å². The van der Waals surface area contributed by atoms with Crippen molar-refractivity contribution in [2.75, 3.05) is 0 Å². The van der Waals surface area contributed by atoms with Gasteiger partial charge in [0.25, 0.3) is 5.56 Å². The highest BCUT2D eigenvalue weighted by atomic mass is 19.1.